The van der Waals surface area contributed by atoms with Gasteiger partial charge in [0.1, 0.15) is 5.75 Å². The number of benzene rings is 2. The van der Waals surface area contributed by atoms with Gasteiger partial charge in [-0.3, -0.25) is 4.79 Å². The fraction of sp³-hybridized carbons (Fsp3) is 0.500. The SMILES string of the molecule is COc1ccc(-c2ccc3c(c2)C2[C@@H](C)C3CCN2C(=O)C2CCCCC2)cc1. The Morgan fingerprint density at radius 3 is 2.38 bits per heavy atom. The summed E-state index contributed by atoms with van der Waals surface area (Å²) in [5, 5.41) is 0. The van der Waals surface area contributed by atoms with Crippen molar-refractivity contribution in [3.05, 3.63) is 53.6 Å². The van der Waals surface area contributed by atoms with Crippen LogP contribution in [-0.4, -0.2) is 24.5 Å². The van der Waals surface area contributed by atoms with Gasteiger partial charge in [-0.2, -0.15) is 0 Å². The fourth-order valence-electron chi connectivity index (χ4n) is 6.04. The number of hydrogen-bond acceptors (Lipinski definition) is 2. The van der Waals surface area contributed by atoms with E-state index in [1.807, 2.05) is 12.1 Å². The van der Waals surface area contributed by atoms with Crippen LogP contribution in [-0.2, 0) is 4.79 Å². The van der Waals surface area contributed by atoms with Gasteiger partial charge in [0.05, 0.1) is 13.2 Å². The molecule has 1 aliphatic heterocycles. The quantitative estimate of drug-likeness (QED) is 0.649. The lowest BCUT2D eigenvalue weighted by Crippen LogP contribution is -2.44. The van der Waals surface area contributed by atoms with Crippen LogP contribution < -0.4 is 4.74 Å². The monoisotopic (exact) mass is 389 g/mol. The van der Waals surface area contributed by atoms with E-state index in [0.717, 1.165) is 31.6 Å². The lowest BCUT2D eigenvalue weighted by atomic mass is 9.83. The van der Waals surface area contributed by atoms with Crippen LogP contribution in [0.15, 0.2) is 42.5 Å². The van der Waals surface area contributed by atoms with E-state index in [0.29, 0.717) is 17.7 Å². The highest BCUT2D eigenvalue weighted by atomic mass is 16.5. The molecule has 29 heavy (non-hydrogen) atoms. The lowest BCUT2D eigenvalue weighted by Gasteiger charge is -2.40. The molecular formula is C26H31NO2. The van der Waals surface area contributed by atoms with Crippen LogP contribution in [0.2, 0.25) is 0 Å². The Hall–Kier alpha value is -2.29. The second kappa shape index (κ2) is 7.51. The molecule has 2 unspecified atom stereocenters. The first-order valence-corrected chi connectivity index (χ1v) is 11.3. The zero-order chi connectivity index (χ0) is 20.0. The Morgan fingerprint density at radius 1 is 0.931 bits per heavy atom. The third-order valence-corrected chi connectivity index (χ3v) is 7.62. The van der Waals surface area contributed by atoms with Gasteiger partial charge in [0.25, 0.3) is 0 Å². The molecule has 152 valence electrons. The summed E-state index contributed by atoms with van der Waals surface area (Å²) < 4.78 is 5.30. The first-order valence-electron chi connectivity index (χ1n) is 11.3. The smallest absolute Gasteiger partial charge is 0.226 e. The maximum atomic E-state index is 13.4. The van der Waals surface area contributed by atoms with E-state index in [4.69, 9.17) is 4.74 Å². The molecule has 1 saturated carbocycles. The highest BCUT2D eigenvalue weighted by Crippen LogP contribution is 2.54. The maximum absolute atomic E-state index is 13.4. The third-order valence-electron chi connectivity index (χ3n) is 7.62. The molecule has 2 aliphatic carbocycles. The van der Waals surface area contributed by atoms with E-state index < -0.39 is 0 Å². The number of nitrogens with zero attached hydrogens (tertiary/aromatic N) is 1. The topological polar surface area (TPSA) is 29.5 Å². The van der Waals surface area contributed by atoms with Gasteiger partial charge in [-0.1, -0.05) is 50.5 Å². The molecule has 2 aromatic rings. The predicted octanol–water partition coefficient (Wildman–Crippen LogP) is 5.95. The van der Waals surface area contributed by atoms with Gasteiger partial charge >= 0.3 is 0 Å². The third kappa shape index (κ3) is 3.15. The number of carbonyl (C=O) groups excluding carboxylic acids is 1. The number of methoxy groups -OCH3 is 1. The second-order valence-electron chi connectivity index (χ2n) is 9.14. The first-order chi connectivity index (χ1) is 14.2. The number of rotatable bonds is 3. The molecule has 3 heteroatoms. The Balaban J connectivity index is 1.48. The molecule has 0 spiro atoms. The summed E-state index contributed by atoms with van der Waals surface area (Å²) in [6.07, 6.45) is 6.98. The van der Waals surface area contributed by atoms with Crippen molar-refractivity contribution >= 4 is 5.91 Å². The molecule has 3 nitrogen and oxygen atoms in total. The molecule has 2 bridgehead atoms. The van der Waals surface area contributed by atoms with E-state index >= 15 is 0 Å². The summed E-state index contributed by atoms with van der Waals surface area (Å²) in [6.45, 7) is 3.27. The molecule has 3 aliphatic rings. The van der Waals surface area contributed by atoms with Gasteiger partial charge in [0.15, 0.2) is 0 Å². The number of likely N-dealkylation sites (tertiary alicyclic amines) is 1. The molecule has 2 aromatic carbocycles. The number of piperidine rings is 1. The fourth-order valence-corrected chi connectivity index (χ4v) is 6.04. The minimum absolute atomic E-state index is 0.247. The summed E-state index contributed by atoms with van der Waals surface area (Å²) in [5.41, 5.74) is 5.29. The summed E-state index contributed by atoms with van der Waals surface area (Å²) in [7, 11) is 1.70. The minimum Gasteiger partial charge on any atom is -0.497 e. The highest BCUT2D eigenvalue weighted by Gasteiger charge is 2.47. The van der Waals surface area contributed by atoms with Gasteiger partial charge in [-0.15, -0.1) is 0 Å². The molecule has 0 aromatic heterocycles. The first kappa shape index (κ1) is 18.7. The summed E-state index contributed by atoms with van der Waals surface area (Å²) in [5.74, 6) is 2.65. The van der Waals surface area contributed by atoms with E-state index in [1.54, 1.807) is 7.11 Å². The molecule has 3 atom stereocenters. The largest absolute Gasteiger partial charge is 0.497 e. The van der Waals surface area contributed by atoms with Gasteiger partial charge in [-0.05, 0) is 71.6 Å². The van der Waals surface area contributed by atoms with E-state index in [-0.39, 0.29) is 12.0 Å². The average Bonchev–Trinajstić information content (AvgIpc) is 2.94. The molecule has 5 rings (SSSR count). The molecule has 1 heterocycles. The van der Waals surface area contributed by atoms with E-state index in [9.17, 15) is 4.79 Å². The van der Waals surface area contributed by atoms with E-state index in [1.165, 1.54) is 41.5 Å². The van der Waals surface area contributed by atoms with Crippen molar-refractivity contribution in [1.29, 1.82) is 0 Å². The van der Waals surface area contributed by atoms with Crippen LogP contribution >= 0.6 is 0 Å². The normalized spacial score (nSPS) is 26.3. The second-order valence-corrected chi connectivity index (χ2v) is 9.14. The van der Waals surface area contributed by atoms with Crippen molar-refractivity contribution in [2.24, 2.45) is 11.8 Å². The van der Waals surface area contributed by atoms with Crippen LogP contribution in [0.1, 0.15) is 68.5 Å². The Morgan fingerprint density at radius 2 is 1.66 bits per heavy atom. The van der Waals surface area contributed by atoms with Crippen LogP contribution in [0, 0.1) is 11.8 Å². The van der Waals surface area contributed by atoms with Crippen molar-refractivity contribution in [2.45, 2.75) is 57.4 Å². The molecule has 0 radical (unpaired) electrons. The minimum atomic E-state index is 0.247. The van der Waals surface area contributed by atoms with Gasteiger partial charge < -0.3 is 9.64 Å². The van der Waals surface area contributed by atoms with Gasteiger partial charge in [0.2, 0.25) is 5.91 Å². The zero-order valence-corrected chi connectivity index (χ0v) is 17.6. The van der Waals surface area contributed by atoms with Crippen LogP contribution in [0.4, 0.5) is 0 Å². The Kier molecular flexibility index (Phi) is 4.85. The summed E-state index contributed by atoms with van der Waals surface area (Å²) in [6, 6.07) is 15.4. The van der Waals surface area contributed by atoms with Crippen molar-refractivity contribution in [2.75, 3.05) is 13.7 Å². The average molecular weight is 390 g/mol. The molecule has 2 fully saturated rings. The van der Waals surface area contributed by atoms with Gasteiger partial charge in [0, 0.05) is 12.5 Å². The standard InChI is InChI=1S/C26H31NO2/c1-17-22-14-15-27(26(28)19-6-4-3-5-7-19)25(17)24-16-20(10-13-23(22)24)18-8-11-21(29-2)12-9-18/h8-13,16-17,19,22,25H,3-7,14-15H2,1-2H3/t17-,22?,25?/m0/s1. The van der Waals surface area contributed by atoms with Crippen LogP contribution in [0.5, 0.6) is 5.75 Å². The van der Waals surface area contributed by atoms with Crippen molar-refractivity contribution < 1.29 is 9.53 Å². The molecule has 1 saturated heterocycles. The van der Waals surface area contributed by atoms with Crippen molar-refractivity contribution in [1.82, 2.24) is 4.90 Å². The maximum Gasteiger partial charge on any atom is 0.226 e. The summed E-state index contributed by atoms with van der Waals surface area (Å²) in [4.78, 5) is 15.7. The highest BCUT2D eigenvalue weighted by molar-refractivity contribution is 5.80. The predicted molar refractivity (Wildman–Crippen MR) is 116 cm³/mol. The van der Waals surface area contributed by atoms with Crippen molar-refractivity contribution in [3.63, 3.8) is 0 Å². The number of hydrogen-bond donors (Lipinski definition) is 0. The number of amides is 1. The summed E-state index contributed by atoms with van der Waals surface area (Å²) >= 11 is 0. The van der Waals surface area contributed by atoms with Crippen LogP contribution in [0.25, 0.3) is 11.1 Å². The number of carbonyl (C=O) groups is 1. The number of ether oxygens (including phenoxy) is 1. The molecule has 0 N–H and O–H groups in total. The zero-order valence-electron chi connectivity index (χ0n) is 17.6. The van der Waals surface area contributed by atoms with Crippen molar-refractivity contribution in [3.8, 4) is 16.9 Å². The molecular weight excluding hydrogens is 358 g/mol. The molecule has 1 amide bonds. The number of fused-ring (bicyclic) bond motifs is 5. The lowest BCUT2D eigenvalue weighted by molar-refractivity contribution is -0.141. The Labute approximate surface area is 174 Å². The van der Waals surface area contributed by atoms with Crippen LogP contribution in [0.3, 0.4) is 0 Å². The van der Waals surface area contributed by atoms with Gasteiger partial charge in [-0.25, -0.2) is 0 Å². The van der Waals surface area contributed by atoms with E-state index in [2.05, 4.69) is 42.2 Å². The Bertz CT molecular complexity index is 897.